The summed E-state index contributed by atoms with van der Waals surface area (Å²) in [6, 6.07) is 14.6. The van der Waals surface area contributed by atoms with Crippen LogP contribution in [-0.4, -0.2) is 36.3 Å². The molecule has 35 heavy (non-hydrogen) atoms. The molecule has 2 aromatic rings. The number of sulfone groups is 1. The summed E-state index contributed by atoms with van der Waals surface area (Å²) in [5, 5.41) is 0.977. The molecule has 1 aliphatic carbocycles. The lowest BCUT2D eigenvalue weighted by molar-refractivity contribution is -0.153. The minimum absolute atomic E-state index is 0.0174. The minimum atomic E-state index is -3.28. The van der Waals surface area contributed by atoms with Gasteiger partial charge >= 0.3 is 0 Å². The summed E-state index contributed by atoms with van der Waals surface area (Å²) in [4.78, 5) is 16.1. The first-order valence-electron chi connectivity index (χ1n) is 12.3. The quantitative estimate of drug-likeness (QED) is 0.326. The van der Waals surface area contributed by atoms with Crippen molar-refractivity contribution in [3.63, 3.8) is 0 Å². The Morgan fingerprint density at radius 1 is 1.11 bits per heavy atom. The van der Waals surface area contributed by atoms with Gasteiger partial charge in [0.25, 0.3) is 0 Å². The van der Waals surface area contributed by atoms with Gasteiger partial charge in [-0.1, -0.05) is 67.4 Å². The van der Waals surface area contributed by atoms with Crippen molar-refractivity contribution in [1.29, 1.82) is 0 Å². The van der Waals surface area contributed by atoms with Gasteiger partial charge in [-0.3, -0.25) is 4.79 Å². The Labute approximate surface area is 219 Å². The molecule has 1 heterocycles. The smallest absolute Gasteiger partial charge is 0.229 e. The highest BCUT2D eigenvalue weighted by atomic mass is 35.5. The standard InChI is InChI=1S/C28H33Cl2NO3S/c1-4-15-28(3)17-25(20-7-6-8-22(30)16-20)26(19-9-11-21(29)12-10-19)31(27(28)32)23(5-2)18-35(33,34)24-13-14-24/h4,6-12,16,23-26H,1,5,13-15,17-18H2,2-3H3/t23?,25-,26-,28+/m1/s1. The fraction of sp³-hybridized carbons (Fsp3) is 0.464. The molecule has 2 aromatic carbocycles. The molecule has 1 amide bonds. The van der Waals surface area contributed by atoms with Gasteiger partial charge in [0.05, 0.1) is 22.5 Å². The molecule has 1 aliphatic heterocycles. The SMILES string of the molecule is C=CC[C@@]1(C)C[C@H](c2cccc(Cl)c2)[C@@H](c2ccc(Cl)cc2)N(C(CC)CS(=O)(=O)C2CC2)C1=O. The monoisotopic (exact) mass is 533 g/mol. The Balaban J connectivity index is 1.88. The Morgan fingerprint density at radius 3 is 2.37 bits per heavy atom. The average molecular weight is 535 g/mol. The summed E-state index contributed by atoms with van der Waals surface area (Å²) in [5.41, 5.74) is 1.27. The minimum Gasteiger partial charge on any atom is -0.331 e. The number of allylic oxidation sites excluding steroid dienone is 1. The van der Waals surface area contributed by atoms with Gasteiger partial charge in [0, 0.05) is 22.0 Å². The van der Waals surface area contributed by atoms with Crippen molar-refractivity contribution < 1.29 is 13.2 Å². The molecule has 1 saturated heterocycles. The molecule has 1 saturated carbocycles. The van der Waals surface area contributed by atoms with Gasteiger partial charge in [0.2, 0.25) is 5.91 Å². The molecule has 0 radical (unpaired) electrons. The molecule has 0 aromatic heterocycles. The zero-order valence-electron chi connectivity index (χ0n) is 20.3. The summed E-state index contributed by atoms with van der Waals surface area (Å²) >= 11 is 12.6. The third-order valence-corrected chi connectivity index (χ3v) is 10.3. The van der Waals surface area contributed by atoms with Crippen LogP contribution in [0.1, 0.15) is 69.0 Å². The van der Waals surface area contributed by atoms with E-state index in [1.165, 1.54) is 0 Å². The number of carbonyl (C=O) groups is 1. The van der Waals surface area contributed by atoms with E-state index < -0.39 is 21.3 Å². The van der Waals surface area contributed by atoms with Crippen LogP contribution >= 0.6 is 23.2 Å². The lowest BCUT2D eigenvalue weighted by Crippen LogP contribution is -2.57. The number of hydrogen-bond donors (Lipinski definition) is 0. The van der Waals surface area contributed by atoms with E-state index >= 15 is 0 Å². The van der Waals surface area contributed by atoms with Crippen LogP contribution in [0, 0.1) is 5.41 Å². The first-order valence-corrected chi connectivity index (χ1v) is 14.7. The number of benzene rings is 2. The van der Waals surface area contributed by atoms with Crippen molar-refractivity contribution in [2.24, 2.45) is 5.41 Å². The van der Waals surface area contributed by atoms with E-state index in [-0.39, 0.29) is 28.9 Å². The molecular weight excluding hydrogens is 501 g/mol. The van der Waals surface area contributed by atoms with Gasteiger partial charge in [-0.05, 0) is 67.5 Å². The van der Waals surface area contributed by atoms with Gasteiger partial charge in [0.1, 0.15) is 0 Å². The molecule has 2 aliphatic rings. The van der Waals surface area contributed by atoms with E-state index in [0.29, 0.717) is 42.1 Å². The third-order valence-electron chi connectivity index (χ3n) is 7.51. The summed E-state index contributed by atoms with van der Waals surface area (Å²) < 4.78 is 26.2. The Kier molecular flexibility index (Phi) is 7.71. The number of amides is 1. The summed E-state index contributed by atoms with van der Waals surface area (Å²) in [6.45, 7) is 7.85. The van der Waals surface area contributed by atoms with Gasteiger partial charge in [0.15, 0.2) is 9.84 Å². The molecular formula is C28H33Cl2NO3S. The predicted octanol–water partition coefficient (Wildman–Crippen LogP) is 6.99. The number of hydrogen-bond acceptors (Lipinski definition) is 3. The Bertz CT molecular complexity index is 1190. The van der Waals surface area contributed by atoms with E-state index in [9.17, 15) is 13.2 Å². The zero-order valence-corrected chi connectivity index (χ0v) is 22.6. The van der Waals surface area contributed by atoms with Gasteiger partial charge < -0.3 is 4.90 Å². The molecule has 0 spiro atoms. The van der Waals surface area contributed by atoms with E-state index in [2.05, 4.69) is 6.58 Å². The second-order valence-electron chi connectivity index (χ2n) is 10.2. The largest absolute Gasteiger partial charge is 0.331 e. The van der Waals surface area contributed by atoms with Crippen molar-refractivity contribution in [1.82, 2.24) is 4.90 Å². The molecule has 4 atom stereocenters. The van der Waals surface area contributed by atoms with Crippen molar-refractivity contribution in [3.8, 4) is 0 Å². The maximum absolute atomic E-state index is 14.2. The number of piperidine rings is 1. The van der Waals surface area contributed by atoms with E-state index in [0.717, 1.165) is 11.1 Å². The number of rotatable bonds is 9. The highest BCUT2D eigenvalue weighted by molar-refractivity contribution is 7.92. The summed E-state index contributed by atoms with van der Waals surface area (Å²) in [5.74, 6) is -0.111. The van der Waals surface area contributed by atoms with Gasteiger partial charge in [-0.2, -0.15) is 0 Å². The van der Waals surface area contributed by atoms with E-state index in [1.807, 2.05) is 67.3 Å². The summed E-state index contributed by atoms with van der Waals surface area (Å²) in [6.07, 6.45) is 4.88. The molecule has 188 valence electrons. The molecule has 7 heteroatoms. The predicted molar refractivity (Wildman–Crippen MR) is 144 cm³/mol. The zero-order chi connectivity index (χ0) is 25.4. The first-order chi connectivity index (χ1) is 16.6. The number of likely N-dealkylation sites (tertiary alicyclic amines) is 1. The van der Waals surface area contributed by atoms with E-state index in [1.54, 1.807) is 6.08 Å². The average Bonchev–Trinajstić information content (AvgIpc) is 3.67. The highest BCUT2D eigenvalue weighted by Crippen LogP contribution is 2.52. The Morgan fingerprint density at radius 2 is 1.80 bits per heavy atom. The van der Waals surface area contributed by atoms with Crippen LogP contribution < -0.4 is 0 Å². The lowest BCUT2D eigenvalue weighted by atomic mass is 9.67. The first kappa shape index (κ1) is 26.2. The van der Waals surface area contributed by atoms with Crippen LogP contribution in [0.4, 0.5) is 0 Å². The third kappa shape index (κ3) is 5.47. The second kappa shape index (κ2) is 10.3. The fourth-order valence-corrected chi connectivity index (χ4v) is 7.90. The van der Waals surface area contributed by atoms with Crippen molar-refractivity contribution in [2.75, 3.05) is 5.75 Å². The molecule has 4 nitrogen and oxygen atoms in total. The van der Waals surface area contributed by atoms with Crippen LogP contribution in [0.5, 0.6) is 0 Å². The summed E-state index contributed by atoms with van der Waals surface area (Å²) in [7, 11) is -3.28. The molecule has 2 fully saturated rings. The van der Waals surface area contributed by atoms with Crippen LogP contribution in [0.2, 0.25) is 10.0 Å². The van der Waals surface area contributed by atoms with Crippen molar-refractivity contribution >= 4 is 38.9 Å². The van der Waals surface area contributed by atoms with Crippen LogP contribution in [0.3, 0.4) is 0 Å². The number of carbonyl (C=O) groups excluding carboxylic acids is 1. The molecule has 0 bridgehead atoms. The maximum atomic E-state index is 14.2. The lowest BCUT2D eigenvalue weighted by Gasteiger charge is -2.52. The maximum Gasteiger partial charge on any atom is 0.229 e. The highest BCUT2D eigenvalue weighted by Gasteiger charge is 2.52. The fourth-order valence-electron chi connectivity index (χ4n) is 5.51. The normalized spacial score (nSPS) is 25.9. The molecule has 4 rings (SSSR count). The van der Waals surface area contributed by atoms with Crippen LogP contribution in [-0.2, 0) is 14.6 Å². The molecule has 0 N–H and O–H groups in total. The Hall–Kier alpha value is -1.82. The van der Waals surface area contributed by atoms with Crippen LogP contribution in [0.15, 0.2) is 61.2 Å². The molecule has 1 unspecified atom stereocenters. The second-order valence-corrected chi connectivity index (χ2v) is 13.4. The number of nitrogens with zero attached hydrogens (tertiary/aromatic N) is 1. The van der Waals surface area contributed by atoms with Gasteiger partial charge in [-0.15, -0.1) is 6.58 Å². The topological polar surface area (TPSA) is 54.5 Å². The van der Waals surface area contributed by atoms with Crippen molar-refractivity contribution in [2.45, 2.75) is 69.2 Å². The number of halogens is 2. The van der Waals surface area contributed by atoms with Crippen molar-refractivity contribution in [3.05, 3.63) is 82.4 Å². The van der Waals surface area contributed by atoms with Gasteiger partial charge in [-0.25, -0.2) is 8.42 Å². The van der Waals surface area contributed by atoms with E-state index in [4.69, 9.17) is 23.2 Å². The van der Waals surface area contributed by atoms with Crippen LogP contribution in [0.25, 0.3) is 0 Å².